The molecule has 5 rings (SSSR count). The highest BCUT2D eigenvalue weighted by atomic mass is 19.4. The fourth-order valence-corrected chi connectivity index (χ4v) is 3.86. The molecule has 0 saturated carbocycles. The van der Waals surface area contributed by atoms with E-state index < -0.39 is 17.6 Å². The van der Waals surface area contributed by atoms with Gasteiger partial charge in [0.05, 0.1) is 11.3 Å². The number of hydrogen-bond donors (Lipinski definition) is 0. The predicted molar refractivity (Wildman–Crippen MR) is 114 cm³/mol. The summed E-state index contributed by atoms with van der Waals surface area (Å²) in [4.78, 5) is 24.8. The molecule has 34 heavy (non-hydrogen) atoms. The number of carbonyl (C=O) groups is 1. The molecule has 2 aromatic carbocycles. The summed E-state index contributed by atoms with van der Waals surface area (Å²) in [6.45, 7) is 1.57. The van der Waals surface area contributed by atoms with Gasteiger partial charge in [0.1, 0.15) is 12.1 Å². The van der Waals surface area contributed by atoms with E-state index in [9.17, 15) is 22.4 Å². The Bertz CT molecular complexity index is 1350. The third kappa shape index (κ3) is 4.02. The van der Waals surface area contributed by atoms with Gasteiger partial charge in [-0.25, -0.2) is 14.4 Å². The van der Waals surface area contributed by atoms with Crippen LogP contribution in [0.4, 0.5) is 23.4 Å². The van der Waals surface area contributed by atoms with Crippen molar-refractivity contribution in [3.8, 4) is 5.69 Å². The van der Waals surface area contributed by atoms with Crippen LogP contribution in [0.3, 0.4) is 0 Å². The van der Waals surface area contributed by atoms with Crippen LogP contribution in [0.1, 0.15) is 15.9 Å². The zero-order chi connectivity index (χ0) is 23.9. The molecule has 0 atom stereocenters. The van der Waals surface area contributed by atoms with E-state index in [1.807, 2.05) is 4.90 Å². The Morgan fingerprint density at radius 2 is 1.68 bits per heavy atom. The fourth-order valence-electron chi connectivity index (χ4n) is 3.86. The Balaban J connectivity index is 1.32. The van der Waals surface area contributed by atoms with Crippen LogP contribution >= 0.6 is 0 Å². The zero-order valence-electron chi connectivity index (χ0n) is 17.6. The van der Waals surface area contributed by atoms with Gasteiger partial charge in [0.2, 0.25) is 0 Å². The summed E-state index contributed by atoms with van der Waals surface area (Å²) in [7, 11) is 0. The molecule has 0 radical (unpaired) electrons. The van der Waals surface area contributed by atoms with E-state index in [0.717, 1.165) is 12.1 Å². The average molecular weight is 471 g/mol. The van der Waals surface area contributed by atoms with Crippen molar-refractivity contribution in [1.82, 2.24) is 29.9 Å². The minimum absolute atomic E-state index is 0.198. The van der Waals surface area contributed by atoms with Crippen molar-refractivity contribution in [3.05, 3.63) is 71.8 Å². The summed E-state index contributed by atoms with van der Waals surface area (Å²) >= 11 is 0. The van der Waals surface area contributed by atoms with Crippen molar-refractivity contribution < 1.29 is 22.4 Å². The van der Waals surface area contributed by atoms with Crippen LogP contribution in [0.5, 0.6) is 0 Å². The van der Waals surface area contributed by atoms with Gasteiger partial charge in [-0.2, -0.15) is 17.9 Å². The molecule has 0 spiro atoms. The second-order valence-electron chi connectivity index (χ2n) is 7.70. The average Bonchev–Trinajstić information content (AvgIpc) is 3.28. The van der Waals surface area contributed by atoms with Crippen LogP contribution in [-0.4, -0.2) is 61.9 Å². The second kappa shape index (κ2) is 8.36. The van der Waals surface area contributed by atoms with Gasteiger partial charge in [0.15, 0.2) is 17.0 Å². The number of benzene rings is 2. The van der Waals surface area contributed by atoms with E-state index in [4.69, 9.17) is 0 Å². The van der Waals surface area contributed by atoms with Crippen molar-refractivity contribution in [1.29, 1.82) is 0 Å². The van der Waals surface area contributed by atoms with Crippen LogP contribution in [0, 0.1) is 5.82 Å². The molecule has 3 heterocycles. The molecule has 1 aliphatic heterocycles. The van der Waals surface area contributed by atoms with Gasteiger partial charge < -0.3 is 9.80 Å². The lowest BCUT2D eigenvalue weighted by atomic mass is 10.1. The minimum Gasteiger partial charge on any atom is -0.351 e. The van der Waals surface area contributed by atoms with Crippen molar-refractivity contribution in [2.45, 2.75) is 6.18 Å². The minimum atomic E-state index is -4.45. The Hall–Kier alpha value is -4.09. The van der Waals surface area contributed by atoms with Crippen LogP contribution in [0.15, 0.2) is 54.9 Å². The standard InChI is InChI=1S/C22H17F4N7O/c23-16-2-1-3-17(12-16)33-20-18(29-30-33)19(27-13-28-20)31-8-10-32(11-9-31)21(34)14-4-6-15(7-5-14)22(24,25)26/h1-7,12-13H,8-11H2. The second-order valence-corrected chi connectivity index (χ2v) is 7.70. The number of piperazine rings is 1. The molecule has 12 heteroatoms. The van der Waals surface area contributed by atoms with Crippen molar-refractivity contribution >= 4 is 22.9 Å². The largest absolute Gasteiger partial charge is 0.416 e. The van der Waals surface area contributed by atoms with Crippen LogP contribution < -0.4 is 4.90 Å². The molecule has 1 aliphatic rings. The van der Waals surface area contributed by atoms with Gasteiger partial charge in [-0.3, -0.25) is 4.79 Å². The summed E-state index contributed by atoms with van der Waals surface area (Å²) in [5.41, 5.74) is 0.726. The molecule has 174 valence electrons. The van der Waals surface area contributed by atoms with E-state index in [2.05, 4.69) is 20.3 Å². The number of fused-ring (bicyclic) bond motifs is 1. The highest BCUT2D eigenvalue weighted by molar-refractivity contribution is 5.94. The summed E-state index contributed by atoms with van der Waals surface area (Å²) in [5.74, 6) is -0.211. The number of rotatable bonds is 3. The quantitative estimate of drug-likeness (QED) is 0.427. The Kier molecular flexibility index (Phi) is 5.34. The highest BCUT2D eigenvalue weighted by Crippen LogP contribution is 2.29. The molecule has 1 fully saturated rings. The van der Waals surface area contributed by atoms with Crippen LogP contribution in [0.2, 0.25) is 0 Å². The zero-order valence-corrected chi connectivity index (χ0v) is 17.6. The van der Waals surface area contributed by atoms with E-state index in [-0.39, 0.29) is 11.5 Å². The Morgan fingerprint density at radius 1 is 0.941 bits per heavy atom. The van der Waals surface area contributed by atoms with E-state index in [1.54, 1.807) is 17.0 Å². The number of nitrogens with zero attached hydrogens (tertiary/aromatic N) is 7. The molecule has 4 aromatic rings. The first-order chi connectivity index (χ1) is 16.3. The van der Waals surface area contributed by atoms with Gasteiger partial charge in [-0.1, -0.05) is 11.3 Å². The molecule has 0 unspecified atom stereocenters. The maximum Gasteiger partial charge on any atom is 0.416 e. The van der Waals surface area contributed by atoms with Crippen LogP contribution in [0.25, 0.3) is 16.9 Å². The van der Waals surface area contributed by atoms with E-state index in [0.29, 0.717) is 48.8 Å². The number of amides is 1. The third-order valence-electron chi connectivity index (χ3n) is 5.60. The number of alkyl halides is 3. The molecule has 1 saturated heterocycles. The molecule has 0 bridgehead atoms. The monoisotopic (exact) mass is 471 g/mol. The topological polar surface area (TPSA) is 80.0 Å². The van der Waals surface area contributed by atoms with Gasteiger partial charge in [-0.15, -0.1) is 5.10 Å². The number of aromatic nitrogens is 5. The normalized spacial score (nSPS) is 14.6. The molecule has 8 nitrogen and oxygen atoms in total. The van der Waals surface area contributed by atoms with E-state index in [1.165, 1.54) is 35.3 Å². The number of anilines is 1. The third-order valence-corrected chi connectivity index (χ3v) is 5.60. The van der Waals surface area contributed by atoms with Gasteiger partial charge >= 0.3 is 6.18 Å². The summed E-state index contributed by atoms with van der Waals surface area (Å²) in [5, 5.41) is 8.28. The maximum absolute atomic E-state index is 13.6. The molecule has 0 N–H and O–H groups in total. The van der Waals surface area contributed by atoms with Gasteiger partial charge in [0, 0.05) is 31.7 Å². The Labute approximate surface area is 190 Å². The first-order valence-electron chi connectivity index (χ1n) is 10.3. The van der Waals surface area contributed by atoms with Gasteiger partial charge in [0.25, 0.3) is 5.91 Å². The fraction of sp³-hybridized carbons (Fsp3) is 0.227. The van der Waals surface area contributed by atoms with Crippen LogP contribution in [-0.2, 0) is 6.18 Å². The van der Waals surface area contributed by atoms with E-state index >= 15 is 0 Å². The SMILES string of the molecule is O=C(c1ccc(C(F)(F)F)cc1)N1CCN(c2ncnc3c2nnn3-c2cccc(F)c2)CC1. The first-order valence-corrected chi connectivity index (χ1v) is 10.3. The summed E-state index contributed by atoms with van der Waals surface area (Å²) in [6.07, 6.45) is -3.08. The smallest absolute Gasteiger partial charge is 0.351 e. The number of halogens is 4. The van der Waals surface area contributed by atoms with Crippen molar-refractivity contribution in [2.24, 2.45) is 0 Å². The molecular weight excluding hydrogens is 454 g/mol. The maximum atomic E-state index is 13.6. The van der Waals surface area contributed by atoms with Crippen molar-refractivity contribution in [3.63, 3.8) is 0 Å². The summed E-state index contributed by atoms with van der Waals surface area (Å²) in [6, 6.07) is 10.1. The molecule has 2 aromatic heterocycles. The summed E-state index contributed by atoms with van der Waals surface area (Å²) < 4.78 is 53.4. The predicted octanol–water partition coefficient (Wildman–Crippen LogP) is 3.33. The first kappa shape index (κ1) is 21.7. The lowest BCUT2D eigenvalue weighted by Crippen LogP contribution is -2.49. The van der Waals surface area contributed by atoms with Gasteiger partial charge in [-0.05, 0) is 42.5 Å². The number of hydrogen-bond acceptors (Lipinski definition) is 6. The Morgan fingerprint density at radius 3 is 2.35 bits per heavy atom. The lowest BCUT2D eigenvalue weighted by molar-refractivity contribution is -0.137. The molecule has 0 aliphatic carbocycles. The highest BCUT2D eigenvalue weighted by Gasteiger charge is 2.31. The molecule has 1 amide bonds. The number of carbonyl (C=O) groups excluding carboxylic acids is 1. The van der Waals surface area contributed by atoms with Crippen molar-refractivity contribution in [2.75, 3.05) is 31.1 Å². The lowest BCUT2D eigenvalue weighted by Gasteiger charge is -2.35. The molecular formula is C22H17F4N7O.